The Bertz CT molecular complexity index is 542. The number of likely N-dealkylation sites (N-methyl/N-ethyl adjacent to an activating group) is 1. The van der Waals surface area contributed by atoms with E-state index in [1.54, 1.807) is 6.07 Å². The van der Waals surface area contributed by atoms with Gasteiger partial charge in [0.2, 0.25) is 0 Å². The first-order valence-corrected chi connectivity index (χ1v) is 7.22. The first kappa shape index (κ1) is 15.0. The summed E-state index contributed by atoms with van der Waals surface area (Å²) >= 11 is 6.01. The van der Waals surface area contributed by atoms with E-state index in [4.69, 9.17) is 11.6 Å². The van der Waals surface area contributed by atoms with Gasteiger partial charge >= 0.3 is 0 Å². The summed E-state index contributed by atoms with van der Waals surface area (Å²) in [5, 5.41) is 3.53. The molecule has 0 saturated carbocycles. The van der Waals surface area contributed by atoms with Crippen molar-refractivity contribution in [3.05, 3.63) is 70.5 Å². The van der Waals surface area contributed by atoms with Crippen LogP contribution in [-0.4, -0.2) is 13.1 Å². The third-order valence-corrected chi connectivity index (χ3v) is 3.95. The van der Waals surface area contributed by atoms with Gasteiger partial charge < -0.3 is 5.32 Å². The second-order valence-electron chi connectivity index (χ2n) is 4.93. The van der Waals surface area contributed by atoms with Gasteiger partial charge in [0, 0.05) is 6.04 Å². The van der Waals surface area contributed by atoms with Gasteiger partial charge in [-0.25, -0.2) is 4.39 Å². The lowest BCUT2D eigenvalue weighted by atomic mass is 9.99. The Morgan fingerprint density at radius 1 is 1.10 bits per heavy atom. The van der Waals surface area contributed by atoms with E-state index in [1.807, 2.05) is 31.3 Å². The molecule has 1 unspecified atom stereocenters. The molecule has 0 saturated heterocycles. The molecular weight excluding hydrogens is 273 g/mol. The summed E-state index contributed by atoms with van der Waals surface area (Å²) in [4.78, 5) is 0. The van der Waals surface area contributed by atoms with Crippen molar-refractivity contribution in [2.45, 2.75) is 25.3 Å². The summed E-state index contributed by atoms with van der Waals surface area (Å²) in [6.07, 6.45) is 2.73. The minimum atomic E-state index is -0.345. The molecule has 3 heteroatoms. The van der Waals surface area contributed by atoms with Crippen LogP contribution >= 0.6 is 11.6 Å². The molecule has 0 aliphatic carbocycles. The predicted octanol–water partition coefficient (Wildman–Crippen LogP) is 4.24. The maximum Gasteiger partial charge on any atom is 0.142 e. The highest BCUT2D eigenvalue weighted by Crippen LogP contribution is 2.21. The number of benzene rings is 2. The van der Waals surface area contributed by atoms with Crippen LogP contribution in [0, 0.1) is 5.82 Å². The molecule has 0 heterocycles. The zero-order chi connectivity index (χ0) is 14.4. The monoisotopic (exact) mass is 291 g/mol. The standard InChI is InChI=1S/C17H19ClFN/c1-20-15(11-10-13-6-3-2-4-7-13)12-14-8-5-9-16(19)17(14)18/h2-9,15,20H,10-12H2,1H3. The van der Waals surface area contributed by atoms with Gasteiger partial charge in [-0.1, -0.05) is 54.1 Å². The Balaban J connectivity index is 1.97. The van der Waals surface area contributed by atoms with Crippen molar-refractivity contribution in [2.24, 2.45) is 0 Å². The molecule has 1 N–H and O–H groups in total. The van der Waals surface area contributed by atoms with Gasteiger partial charge in [-0.3, -0.25) is 0 Å². The lowest BCUT2D eigenvalue weighted by Crippen LogP contribution is -2.28. The number of hydrogen-bond donors (Lipinski definition) is 1. The van der Waals surface area contributed by atoms with Gasteiger partial charge in [0.15, 0.2) is 0 Å². The molecule has 0 fully saturated rings. The molecule has 0 aromatic heterocycles. The van der Waals surface area contributed by atoms with Crippen LogP contribution in [-0.2, 0) is 12.8 Å². The molecule has 0 aliphatic rings. The topological polar surface area (TPSA) is 12.0 Å². The van der Waals surface area contributed by atoms with Crippen molar-refractivity contribution in [3.8, 4) is 0 Å². The summed E-state index contributed by atoms with van der Waals surface area (Å²) in [5.74, 6) is -0.345. The maximum absolute atomic E-state index is 13.4. The lowest BCUT2D eigenvalue weighted by Gasteiger charge is -2.17. The van der Waals surface area contributed by atoms with Gasteiger partial charge in [0.25, 0.3) is 0 Å². The van der Waals surface area contributed by atoms with Crippen LogP contribution in [0.5, 0.6) is 0 Å². The predicted molar refractivity (Wildman–Crippen MR) is 82.7 cm³/mol. The van der Waals surface area contributed by atoms with E-state index in [0.29, 0.717) is 0 Å². The maximum atomic E-state index is 13.4. The Morgan fingerprint density at radius 3 is 2.55 bits per heavy atom. The third kappa shape index (κ3) is 4.06. The SMILES string of the molecule is CNC(CCc1ccccc1)Cc1cccc(F)c1Cl. The van der Waals surface area contributed by atoms with Gasteiger partial charge in [0.05, 0.1) is 5.02 Å². The highest BCUT2D eigenvalue weighted by atomic mass is 35.5. The second-order valence-corrected chi connectivity index (χ2v) is 5.30. The highest BCUT2D eigenvalue weighted by Gasteiger charge is 2.12. The third-order valence-electron chi connectivity index (χ3n) is 3.53. The smallest absolute Gasteiger partial charge is 0.142 e. The molecule has 1 atom stereocenters. The fourth-order valence-corrected chi connectivity index (χ4v) is 2.51. The van der Waals surface area contributed by atoms with Crippen LogP contribution in [0.15, 0.2) is 48.5 Å². The van der Waals surface area contributed by atoms with E-state index < -0.39 is 0 Å². The van der Waals surface area contributed by atoms with E-state index in [2.05, 4.69) is 17.4 Å². The largest absolute Gasteiger partial charge is 0.317 e. The number of hydrogen-bond acceptors (Lipinski definition) is 1. The van der Waals surface area contributed by atoms with Crippen molar-refractivity contribution in [3.63, 3.8) is 0 Å². The quantitative estimate of drug-likeness (QED) is 0.839. The van der Waals surface area contributed by atoms with Crippen molar-refractivity contribution in [2.75, 3.05) is 7.05 Å². The van der Waals surface area contributed by atoms with E-state index in [-0.39, 0.29) is 16.9 Å². The molecule has 2 aromatic carbocycles. The van der Waals surface area contributed by atoms with Gasteiger partial charge in [-0.05, 0) is 43.5 Å². The Morgan fingerprint density at radius 2 is 1.85 bits per heavy atom. The summed E-state index contributed by atoms with van der Waals surface area (Å²) < 4.78 is 13.4. The molecule has 2 rings (SSSR count). The lowest BCUT2D eigenvalue weighted by molar-refractivity contribution is 0.518. The molecule has 1 nitrogen and oxygen atoms in total. The summed E-state index contributed by atoms with van der Waals surface area (Å²) in [6.45, 7) is 0. The van der Waals surface area contributed by atoms with Crippen molar-refractivity contribution in [1.82, 2.24) is 5.32 Å². The van der Waals surface area contributed by atoms with Crippen LogP contribution < -0.4 is 5.32 Å². The molecule has 0 radical (unpaired) electrons. The Kier molecular flexibility index (Phi) is 5.57. The zero-order valence-electron chi connectivity index (χ0n) is 11.6. The summed E-state index contributed by atoms with van der Waals surface area (Å²) in [7, 11) is 1.93. The normalized spacial score (nSPS) is 12.3. The minimum absolute atomic E-state index is 0.243. The number of aryl methyl sites for hydroxylation is 1. The molecule has 0 bridgehead atoms. The second kappa shape index (κ2) is 7.41. The van der Waals surface area contributed by atoms with E-state index >= 15 is 0 Å². The van der Waals surface area contributed by atoms with E-state index in [1.165, 1.54) is 11.6 Å². The van der Waals surface area contributed by atoms with Gasteiger partial charge in [-0.15, -0.1) is 0 Å². The van der Waals surface area contributed by atoms with Gasteiger partial charge in [-0.2, -0.15) is 0 Å². The van der Waals surface area contributed by atoms with E-state index in [0.717, 1.165) is 24.8 Å². The van der Waals surface area contributed by atoms with Crippen LogP contribution in [0.2, 0.25) is 5.02 Å². The molecule has 0 spiro atoms. The first-order valence-electron chi connectivity index (χ1n) is 6.84. The molecule has 2 aromatic rings. The fourth-order valence-electron chi connectivity index (χ4n) is 2.31. The average Bonchev–Trinajstić information content (AvgIpc) is 2.49. The zero-order valence-corrected chi connectivity index (χ0v) is 12.3. The average molecular weight is 292 g/mol. The van der Waals surface area contributed by atoms with Crippen LogP contribution in [0.25, 0.3) is 0 Å². The van der Waals surface area contributed by atoms with Crippen LogP contribution in [0.3, 0.4) is 0 Å². The molecule has 20 heavy (non-hydrogen) atoms. The van der Waals surface area contributed by atoms with E-state index in [9.17, 15) is 4.39 Å². The first-order chi connectivity index (χ1) is 9.70. The fraction of sp³-hybridized carbons (Fsp3) is 0.294. The molecular formula is C17H19ClFN. The Labute approximate surface area is 124 Å². The molecule has 0 aliphatic heterocycles. The van der Waals surface area contributed by atoms with Crippen molar-refractivity contribution >= 4 is 11.6 Å². The molecule has 106 valence electrons. The minimum Gasteiger partial charge on any atom is -0.317 e. The summed E-state index contributed by atoms with van der Waals surface area (Å²) in [6, 6.07) is 15.6. The number of halogens is 2. The van der Waals surface area contributed by atoms with Crippen molar-refractivity contribution in [1.29, 1.82) is 0 Å². The van der Waals surface area contributed by atoms with Crippen molar-refractivity contribution < 1.29 is 4.39 Å². The highest BCUT2D eigenvalue weighted by molar-refractivity contribution is 6.31. The number of rotatable bonds is 6. The molecule has 0 amide bonds. The summed E-state index contributed by atoms with van der Waals surface area (Å²) in [5.41, 5.74) is 2.18. The van der Waals surface area contributed by atoms with Gasteiger partial charge in [0.1, 0.15) is 5.82 Å². The Hall–Kier alpha value is -1.38. The van der Waals surface area contributed by atoms with Crippen LogP contribution in [0.4, 0.5) is 4.39 Å². The number of nitrogens with one attached hydrogen (secondary N) is 1. The van der Waals surface area contributed by atoms with Crippen LogP contribution in [0.1, 0.15) is 17.5 Å².